The molecule has 1 unspecified atom stereocenters. The Balaban J connectivity index is 2.58. The lowest BCUT2D eigenvalue weighted by Gasteiger charge is -2.29. The zero-order valence-corrected chi connectivity index (χ0v) is 17.1. The molecule has 0 aromatic heterocycles. The Morgan fingerprint density at radius 2 is 1.73 bits per heavy atom. The molecule has 1 fully saturated rings. The van der Waals surface area contributed by atoms with E-state index in [1.165, 1.54) is 4.90 Å². The molecule has 0 aromatic rings. The molecule has 12 heteroatoms. The van der Waals surface area contributed by atoms with E-state index in [4.69, 9.17) is 17.8 Å². The Kier molecular flexibility index (Phi) is 9.13. The van der Waals surface area contributed by atoms with Crippen molar-refractivity contribution in [1.82, 2.24) is 4.90 Å². The van der Waals surface area contributed by atoms with Gasteiger partial charge in [0.1, 0.15) is 0 Å². The van der Waals surface area contributed by atoms with Crippen LogP contribution in [0.25, 0.3) is 0 Å². The van der Waals surface area contributed by atoms with Crippen LogP contribution in [0.5, 0.6) is 0 Å². The van der Waals surface area contributed by atoms with Gasteiger partial charge in [-0.3, -0.25) is 14.1 Å². The molecule has 0 saturated carbocycles. The Morgan fingerprint density at radius 1 is 1.19 bits per heavy atom. The fraction of sp³-hybridized carbons (Fsp3) is 0.857. The highest BCUT2D eigenvalue weighted by Gasteiger charge is 2.41. The van der Waals surface area contributed by atoms with Crippen molar-refractivity contribution in [2.24, 2.45) is 5.92 Å². The summed E-state index contributed by atoms with van der Waals surface area (Å²) < 4.78 is 50.9. The smallest absolute Gasteiger partial charge is 0.374 e. The molecule has 1 saturated heterocycles. The van der Waals surface area contributed by atoms with Crippen LogP contribution in [-0.2, 0) is 37.4 Å². The van der Waals surface area contributed by atoms with Crippen LogP contribution in [0.1, 0.15) is 33.6 Å². The molecule has 0 radical (unpaired) electrons. The minimum atomic E-state index is -4.87. The molecule has 26 heavy (non-hydrogen) atoms. The average Bonchev–Trinajstić information content (AvgIpc) is 2.88. The molecule has 1 atom stereocenters. The van der Waals surface area contributed by atoms with E-state index >= 15 is 0 Å². The van der Waals surface area contributed by atoms with Gasteiger partial charge in [-0.05, 0) is 27.2 Å². The van der Waals surface area contributed by atoms with Crippen molar-refractivity contribution < 1.29 is 40.0 Å². The minimum absolute atomic E-state index is 0.0413. The van der Waals surface area contributed by atoms with Crippen molar-refractivity contribution in [1.29, 1.82) is 0 Å². The van der Waals surface area contributed by atoms with E-state index in [1.54, 1.807) is 0 Å². The summed E-state index contributed by atoms with van der Waals surface area (Å²) in [5.41, 5.74) is 0. The summed E-state index contributed by atoms with van der Waals surface area (Å²) in [5.74, 6) is -2.33. The van der Waals surface area contributed by atoms with Crippen LogP contribution < -0.4 is 0 Å². The monoisotopic (exact) mass is 413 g/mol. The first kappa shape index (κ1) is 23.0. The van der Waals surface area contributed by atoms with E-state index in [-0.39, 0.29) is 18.9 Å². The largest absolute Gasteiger partial charge is 0.500 e. The van der Waals surface area contributed by atoms with Gasteiger partial charge in [0.15, 0.2) is 0 Å². The number of amides is 1. The first-order valence-electron chi connectivity index (χ1n) is 8.56. The number of hydrogen-bond acceptors (Lipinski definition) is 8. The number of rotatable bonds is 12. The molecular formula is C14H27NO9SSi. The normalized spacial score (nSPS) is 18.4. The topological polar surface area (TPSA) is 129 Å². The van der Waals surface area contributed by atoms with Gasteiger partial charge in [-0.25, -0.2) is 0 Å². The molecule has 1 rings (SSSR count). The molecule has 0 spiro atoms. The summed E-state index contributed by atoms with van der Waals surface area (Å²) in [7, 11) is -7.68. The van der Waals surface area contributed by atoms with Crippen LogP contribution in [-0.4, -0.2) is 71.5 Å². The number of nitrogens with zero attached hydrogens (tertiary/aromatic N) is 1. The molecule has 0 aliphatic carbocycles. The lowest BCUT2D eigenvalue weighted by atomic mass is 10.1. The van der Waals surface area contributed by atoms with Crippen molar-refractivity contribution in [3.63, 3.8) is 0 Å². The SMILES string of the molecule is CCO[Si](CCCN1CC(C(=O)OS(=O)(=O)O)CC1=O)(OCC)OCC. The zero-order chi connectivity index (χ0) is 19.8. The van der Waals surface area contributed by atoms with E-state index in [1.807, 2.05) is 20.8 Å². The third kappa shape index (κ3) is 7.29. The second kappa shape index (κ2) is 10.3. The van der Waals surface area contributed by atoms with Gasteiger partial charge in [0.2, 0.25) is 5.91 Å². The summed E-state index contributed by atoms with van der Waals surface area (Å²) in [6, 6.07) is 0.520. The van der Waals surface area contributed by atoms with Crippen LogP contribution in [0, 0.1) is 5.92 Å². The van der Waals surface area contributed by atoms with E-state index in [0.717, 1.165) is 0 Å². The Hall–Kier alpha value is -1.05. The fourth-order valence-electron chi connectivity index (χ4n) is 2.81. The van der Waals surface area contributed by atoms with Gasteiger partial charge in [0, 0.05) is 45.4 Å². The number of likely N-dealkylation sites (tertiary alicyclic amines) is 1. The van der Waals surface area contributed by atoms with Crippen LogP contribution >= 0.6 is 0 Å². The van der Waals surface area contributed by atoms with Crippen LogP contribution in [0.15, 0.2) is 0 Å². The van der Waals surface area contributed by atoms with Gasteiger partial charge in [-0.1, -0.05) is 0 Å². The quantitative estimate of drug-likeness (QED) is 0.361. The first-order valence-corrected chi connectivity index (χ1v) is 11.9. The maximum absolute atomic E-state index is 12.0. The van der Waals surface area contributed by atoms with Crippen LogP contribution in [0.3, 0.4) is 0 Å². The van der Waals surface area contributed by atoms with Crippen molar-refractivity contribution in [2.75, 3.05) is 32.9 Å². The Labute approximate surface area is 155 Å². The lowest BCUT2D eigenvalue weighted by molar-refractivity contribution is -0.139. The first-order chi connectivity index (χ1) is 12.2. The fourth-order valence-corrected chi connectivity index (χ4v) is 5.74. The zero-order valence-electron chi connectivity index (χ0n) is 15.3. The molecule has 10 nitrogen and oxygen atoms in total. The Bertz CT molecular complexity index is 566. The molecule has 1 aliphatic heterocycles. The summed E-state index contributed by atoms with van der Waals surface area (Å²) in [6.07, 6.45) is 0.400. The van der Waals surface area contributed by atoms with Crippen LogP contribution in [0.2, 0.25) is 6.04 Å². The lowest BCUT2D eigenvalue weighted by Crippen LogP contribution is -2.46. The third-order valence-electron chi connectivity index (χ3n) is 3.74. The number of carbonyl (C=O) groups excluding carboxylic acids is 2. The molecule has 1 aliphatic rings. The van der Waals surface area contributed by atoms with Gasteiger partial charge in [0.05, 0.1) is 5.92 Å². The van der Waals surface area contributed by atoms with Gasteiger partial charge >= 0.3 is 25.2 Å². The second-order valence-corrected chi connectivity index (χ2v) is 9.41. The highest BCUT2D eigenvalue weighted by atomic mass is 32.3. The van der Waals surface area contributed by atoms with Crippen LogP contribution in [0.4, 0.5) is 0 Å². The molecule has 0 bridgehead atoms. The predicted molar refractivity (Wildman–Crippen MR) is 92.4 cm³/mol. The maximum atomic E-state index is 12.0. The second-order valence-electron chi connectivity index (χ2n) is 5.66. The van der Waals surface area contributed by atoms with E-state index in [2.05, 4.69) is 4.18 Å². The van der Waals surface area contributed by atoms with Crippen molar-refractivity contribution >= 4 is 31.1 Å². The van der Waals surface area contributed by atoms with E-state index < -0.39 is 31.1 Å². The summed E-state index contributed by atoms with van der Waals surface area (Å²) in [4.78, 5) is 25.1. The predicted octanol–water partition coefficient (Wildman–Crippen LogP) is 0.619. The maximum Gasteiger partial charge on any atom is 0.500 e. The van der Waals surface area contributed by atoms with E-state index in [9.17, 15) is 18.0 Å². The minimum Gasteiger partial charge on any atom is -0.374 e. The molecular weight excluding hydrogens is 386 g/mol. The third-order valence-corrected chi connectivity index (χ3v) is 7.27. The number of carbonyl (C=O) groups is 2. The van der Waals surface area contributed by atoms with Crippen molar-refractivity contribution in [2.45, 2.75) is 39.7 Å². The number of hydrogen-bond donors (Lipinski definition) is 1. The molecule has 1 heterocycles. The van der Waals surface area contributed by atoms with Gasteiger partial charge in [0.25, 0.3) is 0 Å². The summed E-state index contributed by atoms with van der Waals surface area (Å²) in [5, 5.41) is 0. The van der Waals surface area contributed by atoms with Gasteiger partial charge in [-0.2, -0.15) is 8.42 Å². The average molecular weight is 414 g/mol. The van der Waals surface area contributed by atoms with E-state index in [0.29, 0.717) is 38.8 Å². The van der Waals surface area contributed by atoms with Crippen molar-refractivity contribution in [3.8, 4) is 0 Å². The molecule has 0 aromatic carbocycles. The summed E-state index contributed by atoms with van der Waals surface area (Å²) in [6.45, 7) is 7.34. The highest BCUT2D eigenvalue weighted by molar-refractivity contribution is 7.81. The highest BCUT2D eigenvalue weighted by Crippen LogP contribution is 2.23. The molecule has 152 valence electrons. The van der Waals surface area contributed by atoms with Gasteiger partial charge in [-0.15, -0.1) is 0 Å². The molecule has 1 amide bonds. The Morgan fingerprint density at radius 3 is 2.19 bits per heavy atom. The van der Waals surface area contributed by atoms with Gasteiger partial charge < -0.3 is 22.4 Å². The molecule has 1 N–H and O–H groups in total. The van der Waals surface area contributed by atoms with Crippen molar-refractivity contribution in [3.05, 3.63) is 0 Å². The summed E-state index contributed by atoms with van der Waals surface area (Å²) >= 11 is 0. The standard InChI is InChI=1S/C14H27NO9SSi/c1-4-21-26(22-5-2,23-6-3)9-7-8-15-11-12(10-13(15)16)14(17)24-25(18,19)20/h12H,4-11H2,1-3H3,(H,18,19,20).